The van der Waals surface area contributed by atoms with Crippen molar-refractivity contribution in [2.75, 3.05) is 32.7 Å². The molecule has 2 fully saturated rings. The summed E-state index contributed by atoms with van der Waals surface area (Å²) in [6, 6.07) is 9.03. The molecule has 0 heterocycles. The highest BCUT2D eigenvalue weighted by Gasteiger charge is 2.63. The van der Waals surface area contributed by atoms with Crippen LogP contribution in [0.2, 0.25) is 0 Å². The van der Waals surface area contributed by atoms with Gasteiger partial charge in [-0.15, -0.1) is 0 Å². The lowest BCUT2D eigenvalue weighted by Gasteiger charge is -2.55. The second-order valence-electron chi connectivity index (χ2n) is 11.7. The van der Waals surface area contributed by atoms with E-state index in [0.717, 1.165) is 38.5 Å². The molecule has 0 bridgehead atoms. The molecule has 2 unspecified atom stereocenters. The molecule has 0 radical (unpaired) electrons. The van der Waals surface area contributed by atoms with E-state index in [1.807, 2.05) is 6.08 Å². The number of carbonyl (C=O) groups is 2. The van der Waals surface area contributed by atoms with Crippen molar-refractivity contribution in [1.82, 2.24) is 0 Å². The molecule has 4 aliphatic rings. The molecule has 0 aromatic heterocycles. The summed E-state index contributed by atoms with van der Waals surface area (Å²) < 4.78 is 5.34. The molecule has 4 heteroatoms. The fourth-order valence-corrected chi connectivity index (χ4v) is 7.96. The molecule has 2 saturated carbocycles. The fraction of sp³-hybridized carbons (Fsp3) is 0.600. The van der Waals surface area contributed by atoms with Crippen LogP contribution in [0.15, 0.2) is 47.1 Å². The molecule has 0 saturated heterocycles. The van der Waals surface area contributed by atoms with Gasteiger partial charge in [0.1, 0.15) is 6.61 Å². The molecule has 4 aliphatic carbocycles. The first-order chi connectivity index (χ1) is 16.2. The Balaban J connectivity index is 1.65. The summed E-state index contributed by atoms with van der Waals surface area (Å²) in [6.45, 7) is 4.82. The van der Waals surface area contributed by atoms with E-state index >= 15 is 0 Å². The molecule has 5 atom stereocenters. The van der Waals surface area contributed by atoms with Gasteiger partial charge in [-0.05, 0) is 90.7 Å². The van der Waals surface area contributed by atoms with Gasteiger partial charge in [0, 0.05) is 44.6 Å². The van der Waals surface area contributed by atoms with E-state index in [9.17, 15) is 9.59 Å². The summed E-state index contributed by atoms with van der Waals surface area (Å²) >= 11 is 0. The van der Waals surface area contributed by atoms with Crippen LogP contribution in [0.4, 0.5) is 5.69 Å². The normalized spacial score (nSPS) is 34.8. The molecule has 0 amide bonds. The summed E-state index contributed by atoms with van der Waals surface area (Å²) in [7, 11) is 5.78. The Kier molecular flexibility index (Phi) is 5.87. The maximum Gasteiger partial charge on any atom is 0.164 e. The number of nitrogens with zero attached hydrogens (tertiary/aromatic N) is 1. The van der Waals surface area contributed by atoms with Crippen LogP contribution in [0.25, 0.3) is 0 Å². The second-order valence-corrected chi connectivity index (χ2v) is 11.7. The Labute approximate surface area is 204 Å². The lowest BCUT2D eigenvalue weighted by Crippen LogP contribution is -2.50. The second kappa shape index (κ2) is 8.48. The van der Waals surface area contributed by atoms with E-state index in [1.165, 1.54) is 22.4 Å². The van der Waals surface area contributed by atoms with Gasteiger partial charge in [-0.1, -0.05) is 31.6 Å². The molecule has 0 N–H and O–H groups in total. The van der Waals surface area contributed by atoms with Crippen molar-refractivity contribution >= 4 is 17.3 Å². The predicted molar refractivity (Wildman–Crippen MR) is 136 cm³/mol. The van der Waals surface area contributed by atoms with Gasteiger partial charge >= 0.3 is 0 Å². The van der Waals surface area contributed by atoms with Crippen LogP contribution in [0.3, 0.4) is 0 Å². The third-order valence-corrected chi connectivity index (χ3v) is 10.0. The first-order valence-corrected chi connectivity index (χ1v) is 13.0. The van der Waals surface area contributed by atoms with Crippen LogP contribution >= 0.6 is 0 Å². The number of ether oxygens (including phenoxy) is 1. The molecule has 34 heavy (non-hydrogen) atoms. The van der Waals surface area contributed by atoms with Crippen LogP contribution in [-0.4, -0.2) is 39.4 Å². The molecule has 1 aromatic carbocycles. The number of Topliss-reactive ketones (excluding diaryl/α,β-unsaturated/α-hetero) is 1. The molecule has 0 aliphatic heterocycles. The van der Waals surface area contributed by atoms with Gasteiger partial charge in [-0.3, -0.25) is 9.59 Å². The molecular weight excluding hydrogens is 422 g/mol. The van der Waals surface area contributed by atoms with Crippen molar-refractivity contribution in [3.63, 3.8) is 0 Å². The van der Waals surface area contributed by atoms with E-state index in [1.54, 1.807) is 12.7 Å². The van der Waals surface area contributed by atoms with Gasteiger partial charge in [-0.25, -0.2) is 0 Å². The molecular formula is C30H39NO3. The summed E-state index contributed by atoms with van der Waals surface area (Å²) in [4.78, 5) is 27.8. The molecule has 4 nitrogen and oxygen atoms in total. The van der Waals surface area contributed by atoms with Crippen LogP contribution in [0, 0.1) is 22.7 Å². The van der Waals surface area contributed by atoms with Gasteiger partial charge in [0.2, 0.25) is 0 Å². The summed E-state index contributed by atoms with van der Waals surface area (Å²) in [5, 5.41) is 0. The summed E-state index contributed by atoms with van der Waals surface area (Å²) in [6.07, 6.45) is 8.58. The standard InChI is InChI=1S/C30H39NO3/c1-29(27(33)18-34-5)15-14-26-24-12-8-20-16-22(32)11-13-23(20)28(24)25(17-30(26,29)2)19-6-9-21(10-7-19)31(3)4/h6-7,9-10,16,24-26H,8,11-15,17-18H2,1-5H3/t24?,25-,26?,29-,30+/m1/s1. The third kappa shape index (κ3) is 3.44. The van der Waals surface area contributed by atoms with Crippen LogP contribution in [-0.2, 0) is 14.3 Å². The van der Waals surface area contributed by atoms with Crippen LogP contribution in [0.5, 0.6) is 0 Å². The maximum absolute atomic E-state index is 13.4. The van der Waals surface area contributed by atoms with Crippen molar-refractivity contribution in [1.29, 1.82) is 0 Å². The van der Waals surface area contributed by atoms with E-state index in [4.69, 9.17) is 4.74 Å². The van der Waals surface area contributed by atoms with E-state index in [0.29, 0.717) is 24.2 Å². The Morgan fingerprint density at radius 2 is 1.82 bits per heavy atom. The topological polar surface area (TPSA) is 46.6 Å². The number of benzene rings is 1. The Morgan fingerprint density at radius 3 is 2.50 bits per heavy atom. The maximum atomic E-state index is 13.4. The fourth-order valence-electron chi connectivity index (χ4n) is 7.96. The highest BCUT2D eigenvalue weighted by atomic mass is 16.5. The van der Waals surface area contributed by atoms with Gasteiger partial charge in [-0.2, -0.15) is 0 Å². The Bertz CT molecular complexity index is 1070. The first kappa shape index (κ1) is 23.5. The van der Waals surface area contributed by atoms with E-state index in [2.05, 4.69) is 57.1 Å². The number of methoxy groups -OCH3 is 1. The highest BCUT2D eigenvalue weighted by Crippen LogP contribution is 2.69. The number of carbonyl (C=O) groups excluding carboxylic acids is 2. The van der Waals surface area contributed by atoms with Crippen molar-refractivity contribution in [2.45, 2.75) is 64.7 Å². The van der Waals surface area contributed by atoms with E-state index < -0.39 is 0 Å². The van der Waals surface area contributed by atoms with Crippen molar-refractivity contribution in [3.05, 3.63) is 52.6 Å². The number of fused-ring (bicyclic) bond motifs is 4. The number of rotatable bonds is 5. The van der Waals surface area contributed by atoms with Gasteiger partial charge in [0.15, 0.2) is 11.6 Å². The monoisotopic (exact) mass is 461 g/mol. The lowest BCUT2D eigenvalue weighted by molar-refractivity contribution is -0.140. The number of hydrogen-bond acceptors (Lipinski definition) is 4. The third-order valence-electron chi connectivity index (χ3n) is 10.0. The minimum absolute atomic E-state index is 0.0616. The average molecular weight is 462 g/mol. The molecule has 1 aromatic rings. The van der Waals surface area contributed by atoms with Crippen LogP contribution < -0.4 is 4.90 Å². The number of ketones is 2. The zero-order valence-electron chi connectivity index (χ0n) is 21.4. The average Bonchev–Trinajstić information content (AvgIpc) is 3.10. The number of hydrogen-bond donors (Lipinski definition) is 0. The SMILES string of the molecule is COCC(=O)[C@@]1(C)CCC2C3CCC4=CC(=O)CCC4=C3[C@@H](c3ccc(N(C)C)cc3)C[C@@]21C. The Morgan fingerprint density at radius 1 is 1.09 bits per heavy atom. The first-order valence-electron chi connectivity index (χ1n) is 13.0. The van der Waals surface area contributed by atoms with Gasteiger partial charge in [0.05, 0.1) is 0 Å². The molecule has 0 spiro atoms. The number of anilines is 1. The number of allylic oxidation sites excluding steroid dienone is 4. The minimum Gasteiger partial charge on any atom is -0.378 e. The zero-order chi connectivity index (χ0) is 24.3. The molecule has 5 rings (SSSR count). The quantitative estimate of drug-likeness (QED) is 0.550. The lowest BCUT2D eigenvalue weighted by atomic mass is 9.48. The van der Waals surface area contributed by atoms with E-state index in [-0.39, 0.29) is 29.0 Å². The van der Waals surface area contributed by atoms with Crippen molar-refractivity contribution in [3.8, 4) is 0 Å². The summed E-state index contributed by atoms with van der Waals surface area (Å²) in [5.41, 5.74) is 6.48. The predicted octanol–water partition coefficient (Wildman–Crippen LogP) is 5.87. The largest absolute Gasteiger partial charge is 0.378 e. The highest BCUT2D eigenvalue weighted by molar-refractivity contribution is 5.93. The van der Waals surface area contributed by atoms with Crippen LogP contribution in [0.1, 0.15) is 70.3 Å². The van der Waals surface area contributed by atoms with Crippen molar-refractivity contribution < 1.29 is 14.3 Å². The van der Waals surface area contributed by atoms with Gasteiger partial charge in [0.25, 0.3) is 0 Å². The Hall–Kier alpha value is -2.20. The zero-order valence-corrected chi connectivity index (χ0v) is 21.4. The minimum atomic E-state index is -0.357. The van der Waals surface area contributed by atoms with Gasteiger partial charge < -0.3 is 9.64 Å². The van der Waals surface area contributed by atoms with Crippen molar-refractivity contribution in [2.24, 2.45) is 22.7 Å². The summed E-state index contributed by atoms with van der Waals surface area (Å²) in [5.74, 6) is 1.84. The molecule has 182 valence electrons. The smallest absolute Gasteiger partial charge is 0.164 e.